The zero-order valence-corrected chi connectivity index (χ0v) is 19.6. The highest BCUT2D eigenvalue weighted by atomic mass is 127. The van der Waals surface area contributed by atoms with Crippen LogP contribution in [-0.4, -0.2) is 42.5 Å². The number of aryl methyl sites for hydroxylation is 2. The van der Waals surface area contributed by atoms with E-state index in [1.165, 1.54) is 22.4 Å². The Bertz CT molecular complexity index is 759. The van der Waals surface area contributed by atoms with Crippen molar-refractivity contribution in [1.29, 1.82) is 0 Å². The molecule has 3 rings (SSSR count). The normalized spacial score (nSPS) is 14.4. The van der Waals surface area contributed by atoms with E-state index < -0.39 is 0 Å². The van der Waals surface area contributed by atoms with Gasteiger partial charge >= 0.3 is 0 Å². The van der Waals surface area contributed by atoms with Gasteiger partial charge in [0.15, 0.2) is 5.96 Å². The predicted molar refractivity (Wildman–Crippen MR) is 125 cm³/mol. The maximum atomic E-state index is 4.47. The van der Waals surface area contributed by atoms with E-state index in [1.807, 2.05) is 14.0 Å². The summed E-state index contributed by atoms with van der Waals surface area (Å²) in [4.78, 5) is 12.6. The van der Waals surface area contributed by atoms with Crippen molar-refractivity contribution in [2.75, 3.05) is 26.7 Å². The third kappa shape index (κ3) is 6.43. The molecule has 0 bridgehead atoms. The van der Waals surface area contributed by atoms with Gasteiger partial charge in [0, 0.05) is 38.1 Å². The van der Waals surface area contributed by atoms with Gasteiger partial charge in [0.25, 0.3) is 0 Å². The standard InChI is InChI=1S/C20H29N5S.HI/c1-15-19(26-16(2)24-15)13-23-20(21-3)22-10-6-11-25-12-9-17-7-4-5-8-18(17)14-25;/h4-5,7-8H,6,9-14H2,1-3H3,(H2,21,22,23);1H. The molecule has 2 N–H and O–H groups in total. The van der Waals surface area contributed by atoms with E-state index in [4.69, 9.17) is 0 Å². The number of hydrogen-bond donors (Lipinski definition) is 2. The molecule has 0 saturated heterocycles. The molecule has 2 heterocycles. The van der Waals surface area contributed by atoms with Crippen molar-refractivity contribution < 1.29 is 0 Å². The SMILES string of the molecule is CN=C(NCCCN1CCc2ccccc2C1)NCc1sc(C)nc1C.I. The molecule has 0 saturated carbocycles. The molecule has 0 unspecified atom stereocenters. The van der Waals surface area contributed by atoms with Crippen LogP contribution in [0.3, 0.4) is 0 Å². The summed E-state index contributed by atoms with van der Waals surface area (Å²) >= 11 is 1.75. The Hall–Kier alpha value is -1.19. The van der Waals surface area contributed by atoms with E-state index in [0.29, 0.717) is 0 Å². The molecule has 0 amide bonds. The highest BCUT2D eigenvalue weighted by Gasteiger charge is 2.14. The fourth-order valence-electron chi connectivity index (χ4n) is 3.38. The minimum absolute atomic E-state index is 0. The fraction of sp³-hybridized carbons (Fsp3) is 0.500. The Kier molecular flexibility index (Phi) is 8.98. The van der Waals surface area contributed by atoms with Crippen LogP contribution < -0.4 is 10.6 Å². The summed E-state index contributed by atoms with van der Waals surface area (Å²) in [7, 11) is 1.82. The molecule has 27 heavy (non-hydrogen) atoms. The highest BCUT2D eigenvalue weighted by molar-refractivity contribution is 14.0. The topological polar surface area (TPSA) is 52.6 Å². The number of aromatic nitrogens is 1. The van der Waals surface area contributed by atoms with Crippen LogP contribution in [0.2, 0.25) is 0 Å². The van der Waals surface area contributed by atoms with Gasteiger partial charge in [0.1, 0.15) is 0 Å². The van der Waals surface area contributed by atoms with Crippen LogP contribution in [-0.2, 0) is 19.5 Å². The minimum Gasteiger partial charge on any atom is -0.356 e. The molecule has 1 aromatic carbocycles. The number of guanidine groups is 1. The lowest BCUT2D eigenvalue weighted by Crippen LogP contribution is -2.39. The quantitative estimate of drug-likeness (QED) is 0.277. The fourth-order valence-corrected chi connectivity index (χ4v) is 4.25. The van der Waals surface area contributed by atoms with Crippen LogP contribution in [0, 0.1) is 13.8 Å². The van der Waals surface area contributed by atoms with Crippen molar-refractivity contribution >= 4 is 41.3 Å². The third-order valence-corrected chi connectivity index (χ3v) is 5.87. The van der Waals surface area contributed by atoms with Gasteiger partial charge in [-0.05, 0) is 37.8 Å². The van der Waals surface area contributed by atoms with Crippen LogP contribution in [0.4, 0.5) is 0 Å². The number of aliphatic imine (C=N–C) groups is 1. The number of nitrogens with one attached hydrogen (secondary N) is 2. The lowest BCUT2D eigenvalue weighted by molar-refractivity contribution is 0.251. The van der Waals surface area contributed by atoms with Gasteiger partial charge in [-0.25, -0.2) is 4.98 Å². The number of halogens is 1. The molecule has 1 aliphatic rings. The van der Waals surface area contributed by atoms with E-state index >= 15 is 0 Å². The van der Waals surface area contributed by atoms with Gasteiger partial charge in [-0.1, -0.05) is 24.3 Å². The van der Waals surface area contributed by atoms with Crippen molar-refractivity contribution in [3.8, 4) is 0 Å². The lowest BCUT2D eigenvalue weighted by atomic mass is 10.00. The van der Waals surface area contributed by atoms with Crippen molar-refractivity contribution in [3.63, 3.8) is 0 Å². The van der Waals surface area contributed by atoms with E-state index in [2.05, 4.69) is 56.7 Å². The Balaban J connectivity index is 0.00000261. The highest BCUT2D eigenvalue weighted by Crippen LogP contribution is 2.18. The van der Waals surface area contributed by atoms with Crippen molar-refractivity contribution in [1.82, 2.24) is 20.5 Å². The first-order chi connectivity index (χ1) is 12.7. The second-order valence-electron chi connectivity index (χ2n) is 6.74. The van der Waals surface area contributed by atoms with Crippen molar-refractivity contribution in [3.05, 3.63) is 51.0 Å². The van der Waals surface area contributed by atoms with E-state index in [1.54, 1.807) is 11.3 Å². The van der Waals surface area contributed by atoms with Gasteiger partial charge in [-0.3, -0.25) is 9.89 Å². The van der Waals surface area contributed by atoms with Crippen LogP contribution in [0.5, 0.6) is 0 Å². The minimum atomic E-state index is 0. The number of nitrogens with zero attached hydrogens (tertiary/aromatic N) is 3. The third-order valence-electron chi connectivity index (χ3n) is 4.79. The molecular formula is C20H30IN5S. The average Bonchev–Trinajstić information content (AvgIpc) is 2.98. The van der Waals surface area contributed by atoms with Gasteiger partial charge in [-0.15, -0.1) is 35.3 Å². The van der Waals surface area contributed by atoms with E-state index in [0.717, 1.165) is 55.8 Å². The first kappa shape index (κ1) is 22.1. The van der Waals surface area contributed by atoms with Gasteiger partial charge in [-0.2, -0.15) is 0 Å². The number of thiazole rings is 1. The average molecular weight is 499 g/mol. The maximum Gasteiger partial charge on any atom is 0.191 e. The molecule has 0 fully saturated rings. The summed E-state index contributed by atoms with van der Waals surface area (Å²) in [5.41, 5.74) is 4.11. The molecule has 7 heteroatoms. The molecule has 0 radical (unpaired) electrons. The second kappa shape index (κ2) is 11.0. The van der Waals surface area contributed by atoms with Gasteiger partial charge < -0.3 is 10.6 Å². The Morgan fingerprint density at radius 3 is 2.70 bits per heavy atom. The zero-order chi connectivity index (χ0) is 18.4. The number of benzene rings is 1. The lowest BCUT2D eigenvalue weighted by Gasteiger charge is -2.28. The summed E-state index contributed by atoms with van der Waals surface area (Å²) in [6.07, 6.45) is 2.28. The summed E-state index contributed by atoms with van der Waals surface area (Å²) < 4.78 is 0. The maximum absolute atomic E-state index is 4.47. The first-order valence-corrected chi connectivity index (χ1v) is 10.1. The Morgan fingerprint density at radius 2 is 2.00 bits per heavy atom. The second-order valence-corrected chi connectivity index (χ2v) is 8.03. The molecule has 2 aromatic rings. The first-order valence-electron chi connectivity index (χ1n) is 9.32. The number of hydrogen-bond acceptors (Lipinski definition) is 4. The molecule has 0 spiro atoms. The monoisotopic (exact) mass is 499 g/mol. The van der Waals surface area contributed by atoms with Gasteiger partial charge in [0.05, 0.1) is 17.2 Å². The number of rotatable bonds is 6. The van der Waals surface area contributed by atoms with E-state index in [9.17, 15) is 0 Å². The van der Waals surface area contributed by atoms with Crippen molar-refractivity contribution in [2.24, 2.45) is 4.99 Å². The summed E-state index contributed by atoms with van der Waals surface area (Å²) in [5, 5.41) is 7.92. The van der Waals surface area contributed by atoms with Crippen LogP contribution in [0.1, 0.15) is 33.1 Å². The smallest absolute Gasteiger partial charge is 0.191 e. The Labute approximate surface area is 183 Å². The molecule has 0 aliphatic carbocycles. The molecule has 1 aromatic heterocycles. The molecule has 5 nitrogen and oxygen atoms in total. The molecule has 1 aliphatic heterocycles. The largest absolute Gasteiger partial charge is 0.356 e. The predicted octanol–water partition coefficient (Wildman–Crippen LogP) is 3.49. The van der Waals surface area contributed by atoms with E-state index in [-0.39, 0.29) is 24.0 Å². The van der Waals surface area contributed by atoms with Gasteiger partial charge in [0.2, 0.25) is 0 Å². The molecule has 148 valence electrons. The summed E-state index contributed by atoms with van der Waals surface area (Å²) in [6, 6.07) is 8.81. The van der Waals surface area contributed by atoms with Crippen LogP contribution >= 0.6 is 35.3 Å². The van der Waals surface area contributed by atoms with Crippen LogP contribution in [0.25, 0.3) is 0 Å². The summed E-state index contributed by atoms with van der Waals surface area (Å²) in [5.74, 6) is 0.861. The van der Waals surface area contributed by atoms with Crippen molar-refractivity contribution in [2.45, 2.75) is 39.8 Å². The summed E-state index contributed by atoms with van der Waals surface area (Å²) in [6.45, 7) is 9.17. The number of fused-ring (bicyclic) bond motifs is 1. The van der Waals surface area contributed by atoms with Crippen LogP contribution in [0.15, 0.2) is 29.3 Å². The zero-order valence-electron chi connectivity index (χ0n) is 16.4. The Morgan fingerprint density at radius 1 is 1.22 bits per heavy atom. The molecular weight excluding hydrogens is 469 g/mol. The molecule has 0 atom stereocenters.